The van der Waals surface area contributed by atoms with E-state index >= 15 is 0 Å². The molecule has 1 aliphatic heterocycles. The summed E-state index contributed by atoms with van der Waals surface area (Å²) in [6.07, 6.45) is 4.78. The number of carbonyl (C=O) groups excluding carboxylic acids is 1. The van der Waals surface area contributed by atoms with E-state index < -0.39 is 0 Å². The lowest BCUT2D eigenvalue weighted by Gasteiger charge is -2.22. The summed E-state index contributed by atoms with van der Waals surface area (Å²) in [5.41, 5.74) is 1.42. The molecule has 0 aliphatic carbocycles. The van der Waals surface area contributed by atoms with Gasteiger partial charge >= 0.3 is 0 Å². The van der Waals surface area contributed by atoms with Gasteiger partial charge in [-0.3, -0.25) is 14.7 Å². The molecule has 0 spiro atoms. The number of aliphatic imine (C=N–C) groups is 1. The fourth-order valence-corrected chi connectivity index (χ4v) is 4.71. The summed E-state index contributed by atoms with van der Waals surface area (Å²) in [5.74, 6) is 1.64. The predicted octanol–water partition coefficient (Wildman–Crippen LogP) is 5.41. The number of halogens is 2. The fraction of sp³-hybridized carbons (Fsp3) is 0.286. The summed E-state index contributed by atoms with van der Waals surface area (Å²) in [7, 11) is 0. The van der Waals surface area contributed by atoms with Crippen LogP contribution in [-0.2, 0) is 11.2 Å². The lowest BCUT2D eigenvalue weighted by atomic mass is 10.2. The van der Waals surface area contributed by atoms with Crippen molar-refractivity contribution in [2.75, 3.05) is 5.75 Å². The minimum Gasteiger partial charge on any atom is -0.339 e. The number of amides is 1. The van der Waals surface area contributed by atoms with Crippen LogP contribution in [0.4, 0.5) is 5.69 Å². The van der Waals surface area contributed by atoms with Crippen molar-refractivity contribution < 1.29 is 9.32 Å². The highest BCUT2D eigenvalue weighted by Gasteiger charge is 2.34. The number of carbonyl (C=O) groups is 1. The summed E-state index contributed by atoms with van der Waals surface area (Å²) >= 11 is 13.7. The molecule has 3 aromatic rings. The van der Waals surface area contributed by atoms with Crippen LogP contribution in [0.3, 0.4) is 0 Å². The van der Waals surface area contributed by atoms with Crippen molar-refractivity contribution in [3.63, 3.8) is 0 Å². The van der Waals surface area contributed by atoms with E-state index in [9.17, 15) is 4.79 Å². The maximum Gasteiger partial charge on any atom is 0.229 e. The first-order chi connectivity index (χ1) is 15.0. The van der Waals surface area contributed by atoms with Crippen molar-refractivity contribution in [3.8, 4) is 11.4 Å². The van der Waals surface area contributed by atoms with E-state index in [0.717, 1.165) is 17.7 Å². The Hall–Kier alpha value is -2.42. The van der Waals surface area contributed by atoms with Gasteiger partial charge in [0, 0.05) is 42.6 Å². The van der Waals surface area contributed by atoms with Gasteiger partial charge < -0.3 is 4.52 Å². The first-order valence-corrected chi connectivity index (χ1v) is 11.5. The van der Waals surface area contributed by atoms with Crippen LogP contribution in [0.1, 0.15) is 25.7 Å². The summed E-state index contributed by atoms with van der Waals surface area (Å²) in [6, 6.07) is 8.92. The van der Waals surface area contributed by atoms with E-state index in [-0.39, 0.29) is 18.4 Å². The lowest BCUT2D eigenvalue weighted by Crippen LogP contribution is -2.39. The summed E-state index contributed by atoms with van der Waals surface area (Å²) in [5, 5.41) is 5.54. The fourth-order valence-electron chi connectivity index (χ4n) is 3.14. The van der Waals surface area contributed by atoms with Gasteiger partial charge in [0.05, 0.1) is 15.7 Å². The van der Waals surface area contributed by atoms with E-state index in [0.29, 0.717) is 39.0 Å². The van der Waals surface area contributed by atoms with E-state index in [4.69, 9.17) is 27.7 Å². The quantitative estimate of drug-likeness (QED) is 0.473. The van der Waals surface area contributed by atoms with Crippen LogP contribution in [0.25, 0.3) is 11.4 Å². The molecule has 7 nitrogen and oxygen atoms in total. The molecule has 0 saturated carbocycles. The van der Waals surface area contributed by atoms with Crippen molar-refractivity contribution >= 4 is 51.7 Å². The SMILES string of the molecule is CCC1CSC(=Nc2ccc(Cl)c(Cl)c2)N1C(=O)CCc1nc(-c2cccnc2)no1. The van der Waals surface area contributed by atoms with Crippen molar-refractivity contribution in [2.24, 2.45) is 4.99 Å². The Kier molecular flexibility index (Phi) is 6.89. The van der Waals surface area contributed by atoms with Crippen molar-refractivity contribution in [2.45, 2.75) is 32.2 Å². The second kappa shape index (κ2) is 9.80. The number of nitrogens with zero attached hydrogens (tertiary/aromatic N) is 5. The molecule has 1 amide bonds. The molecule has 10 heteroatoms. The first kappa shape index (κ1) is 21.8. The van der Waals surface area contributed by atoms with Gasteiger partial charge in [-0.05, 0) is 36.8 Å². The van der Waals surface area contributed by atoms with E-state index in [1.54, 1.807) is 53.3 Å². The molecule has 1 unspecified atom stereocenters. The van der Waals surface area contributed by atoms with Crippen LogP contribution in [0.15, 0.2) is 52.2 Å². The summed E-state index contributed by atoms with van der Waals surface area (Å²) in [6.45, 7) is 2.06. The number of pyridine rings is 1. The van der Waals surface area contributed by atoms with Gasteiger partial charge in [-0.25, -0.2) is 4.99 Å². The third-order valence-corrected chi connectivity index (χ3v) is 6.62. The van der Waals surface area contributed by atoms with Gasteiger partial charge in [0.25, 0.3) is 0 Å². The van der Waals surface area contributed by atoms with Gasteiger partial charge in [-0.15, -0.1) is 0 Å². The van der Waals surface area contributed by atoms with Gasteiger partial charge in [-0.2, -0.15) is 4.98 Å². The molecule has 1 saturated heterocycles. The van der Waals surface area contributed by atoms with E-state index in [1.165, 1.54) is 0 Å². The standard InChI is InChI=1S/C21H19Cl2N5O2S/c1-2-15-12-31-21(25-14-5-6-16(22)17(23)10-14)28(15)19(29)8-7-18-26-20(27-30-18)13-4-3-9-24-11-13/h3-6,9-11,15H,2,7-8,12H2,1H3. The number of amidine groups is 1. The van der Waals surface area contributed by atoms with Crippen LogP contribution in [0.5, 0.6) is 0 Å². The third-order valence-electron chi connectivity index (χ3n) is 4.78. The zero-order chi connectivity index (χ0) is 21.8. The minimum atomic E-state index is -0.0308. The molecule has 1 fully saturated rings. The topological polar surface area (TPSA) is 84.5 Å². The van der Waals surface area contributed by atoms with Gasteiger partial charge in [0.15, 0.2) is 5.17 Å². The van der Waals surface area contributed by atoms with Crippen LogP contribution in [-0.4, -0.2) is 42.9 Å². The number of benzene rings is 1. The number of rotatable bonds is 6. The maximum absolute atomic E-state index is 13.1. The lowest BCUT2D eigenvalue weighted by molar-refractivity contribution is -0.128. The van der Waals surface area contributed by atoms with Crippen LogP contribution < -0.4 is 0 Å². The van der Waals surface area contributed by atoms with Crippen LogP contribution in [0, 0.1) is 0 Å². The molecule has 0 radical (unpaired) electrons. The average molecular weight is 476 g/mol. The van der Waals surface area contributed by atoms with Crippen molar-refractivity contribution in [1.29, 1.82) is 0 Å². The van der Waals surface area contributed by atoms with Crippen LogP contribution >= 0.6 is 35.0 Å². The second-order valence-electron chi connectivity index (χ2n) is 6.88. The average Bonchev–Trinajstić information content (AvgIpc) is 3.42. The smallest absolute Gasteiger partial charge is 0.229 e. The third kappa shape index (κ3) is 5.08. The van der Waals surface area contributed by atoms with Gasteiger partial charge in [0.2, 0.25) is 17.6 Å². The monoisotopic (exact) mass is 475 g/mol. The normalized spacial score (nSPS) is 17.5. The van der Waals surface area contributed by atoms with E-state index in [1.807, 2.05) is 6.07 Å². The molecule has 1 aliphatic rings. The Morgan fingerprint density at radius 2 is 2.19 bits per heavy atom. The van der Waals surface area contributed by atoms with Crippen molar-refractivity contribution in [3.05, 3.63) is 58.7 Å². The highest BCUT2D eigenvalue weighted by atomic mass is 35.5. The zero-order valence-electron chi connectivity index (χ0n) is 16.7. The number of hydrogen-bond acceptors (Lipinski definition) is 7. The molecular formula is C21H19Cl2N5O2S. The molecule has 0 bridgehead atoms. The Morgan fingerprint density at radius 3 is 2.94 bits per heavy atom. The highest BCUT2D eigenvalue weighted by Crippen LogP contribution is 2.32. The Morgan fingerprint density at radius 1 is 1.32 bits per heavy atom. The molecule has 31 heavy (non-hydrogen) atoms. The minimum absolute atomic E-state index is 0.0308. The van der Waals surface area contributed by atoms with Crippen LogP contribution in [0.2, 0.25) is 10.0 Å². The molecule has 1 aromatic carbocycles. The summed E-state index contributed by atoms with van der Waals surface area (Å²) in [4.78, 5) is 27.9. The van der Waals surface area contributed by atoms with E-state index in [2.05, 4.69) is 27.0 Å². The molecule has 160 valence electrons. The van der Waals surface area contributed by atoms with Gasteiger partial charge in [-0.1, -0.05) is 47.0 Å². The predicted molar refractivity (Wildman–Crippen MR) is 123 cm³/mol. The molecule has 1 atom stereocenters. The molecule has 0 N–H and O–H groups in total. The Labute approximate surface area is 193 Å². The number of aryl methyl sites for hydroxylation is 1. The first-order valence-electron chi connectivity index (χ1n) is 9.76. The second-order valence-corrected chi connectivity index (χ2v) is 8.68. The molecule has 2 aromatic heterocycles. The largest absolute Gasteiger partial charge is 0.339 e. The molecule has 3 heterocycles. The Balaban J connectivity index is 1.47. The number of thioether (sulfide) groups is 1. The zero-order valence-corrected chi connectivity index (χ0v) is 19.0. The number of hydrogen-bond donors (Lipinski definition) is 0. The molecule has 4 rings (SSSR count). The Bertz CT molecular complexity index is 1110. The maximum atomic E-state index is 13.1. The summed E-state index contributed by atoms with van der Waals surface area (Å²) < 4.78 is 5.31. The van der Waals surface area contributed by atoms with Gasteiger partial charge in [0.1, 0.15) is 0 Å². The highest BCUT2D eigenvalue weighted by molar-refractivity contribution is 8.14. The molecular weight excluding hydrogens is 457 g/mol. The van der Waals surface area contributed by atoms with Crippen molar-refractivity contribution in [1.82, 2.24) is 20.0 Å². The number of aromatic nitrogens is 3.